The van der Waals surface area contributed by atoms with E-state index in [1.807, 2.05) is 0 Å². The lowest BCUT2D eigenvalue weighted by atomic mass is 10.1. The number of rotatable bonds is 6. The maximum absolute atomic E-state index is 13.8. The lowest BCUT2D eigenvalue weighted by Crippen LogP contribution is -2.42. The van der Waals surface area contributed by atoms with Crippen molar-refractivity contribution in [3.05, 3.63) is 89.4 Å². The number of nitrogens with zero attached hydrogens (tertiary/aromatic N) is 2. The van der Waals surface area contributed by atoms with E-state index in [0.717, 1.165) is 17.7 Å². The normalized spacial score (nSPS) is 14.4. The Morgan fingerprint density at radius 2 is 1.75 bits per heavy atom. The number of hydrogen-bond acceptors (Lipinski definition) is 4. The molecule has 1 fully saturated rings. The summed E-state index contributed by atoms with van der Waals surface area (Å²) in [6, 6.07) is 12.9. The van der Waals surface area contributed by atoms with E-state index in [4.69, 9.17) is 4.74 Å². The first kappa shape index (κ1) is 22.2. The van der Waals surface area contributed by atoms with Gasteiger partial charge in [0.15, 0.2) is 11.6 Å². The molecule has 1 aliphatic heterocycles. The highest BCUT2D eigenvalue weighted by Crippen LogP contribution is 2.27. The van der Waals surface area contributed by atoms with Crippen LogP contribution in [0.25, 0.3) is 0 Å². The predicted octanol–water partition coefficient (Wildman–Crippen LogP) is 5.47. The highest BCUT2D eigenvalue weighted by molar-refractivity contribution is 7.98. The van der Waals surface area contributed by atoms with Crippen molar-refractivity contribution in [2.24, 2.45) is 0 Å². The van der Waals surface area contributed by atoms with Crippen LogP contribution in [0.15, 0.2) is 65.8 Å². The number of carbonyl (C=O) groups excluding carboxylic acids is 1. The van der Waals surface area contributed by atoms with Crippen molar-refractivity contribution in [1.29, 1.82) is 0 Å². The summed E-state index contributed by atoms with van der Waals surface area (Å²) in [6.45, 7) is 0.923. The SMILES string of the molecule is O=C(c1cccnc1SCc1ccc(F)cc1)N1CCC(Oc2ccc(F)cc2F)CC1. The van der Waals surface area contributed by atoms with Crippen LogP contribution < -0.4 is 4.74 Å². The topological polar surface area (TPSA) is 42.4 Å². The number of pyridine rings is 1. The molecule has 1 aliphatic rings. The van der Waals surface area contributed by atoms with Gasteiger partial charge < -0.3 is 9.64 Å². The molecule has 0 aliphatic carbocycles. The average molecular weight is 459 g/mol. The van der Waals surface area contributed by atoms with Crippen molar-refractivity contribution in [3.63, 3.8) is 0 Å². The molecule has 3 aromatic rings. The Kier molecular flexibility index (Phi) is 6.99. The molecule has 1 amide bonds. The molecule has 0 N–H and O–H groups in total. The Balaban J connectivity index is 1.36. The molecule has 32 heavy (non-hydrogen) atoms. The Morgan fingerprint density at radius 3 is 2.47 bits per heavy atom. The van der Waals surface area contributed by atoms with Gasteiger partial charge in [-0.25, -0.2) is 18.2 Å². The molecule has 0 unspecified atom stereocenters. The molecule has 8 heteroatoms. The molecule has 0 bridgehead atoms. The summed E-state index contributed by atoms with van der Waals surface area (Å²) < 4.78 is 45.7. The van der Waals surface area contributed by atoms with Gasteiger partial charge in [0.2, 0.25) is 0 Å². The first-order chi connectivity index (χ1) is 15.5. The number of piperidine rings is 1. The van der Waals surface area contributed by atoms with Crippen molar-refractivity contribution in [2.75, 3.05) is 13.1 Å². The minimum atomic E-state index is -0.735. The Bertz CT molecular complexity index is 1090. The molecule has 4 rings (SSSR count). The average Bonchev–Trinajstić information content (AvgIpc) is 2.81. The first-order valence-corrected chi connectivity index (χ1v) is 11.2. The summed E-state index contributed by atoms with van der Waals surface area (Å²) in [4.78, 5) is 19.2. The quantitative estimate of drug-likeness (QED) is 0.459. The molecule has 0 spiro atoms. The number of likely N-dealkylation sites (tertiary alicyclic amines) is 1. The van der Waals surface area contributed by atoms with Gasteiger partial charge >= 0.3 is 0 Å². The summed E-state index contributed by atoms with van der Waals surface area (Å²) in [6.07, 6.45) is 2.48. The van der Waals surface area contributed by atoms with Crippen LogP contribution in [0.4, 0.5) is 13.2 Å². The second-order valence-electron chi connectivity index (χ2n) is 7.46. The van der Waals surface area contributed by atoms with Gasteiger partial charge in [-0.15, -0.1) is 11.8 Å². The molecule has 0 saturated carbocycles. The van der Waals surface area contributed by atoms with E-state index in [2.05, 4.69) is 4.98 Å². The number of carbonyl (C=O) groups is 1. The fourth-order valence-electron chi connectivity index (χ4n) is 3.50. The molecule has 0 radical (unpaired) electrons. The van der Waals surface area contributed by atoms with E-state index >= 15 is 0 Å². The summed E-state index contributed by atoms with van der Waals surface area (Å²) in [5, 5.41) is 0.619. The lowest BCUT2D eigenvalue weighted by molar-refractivity contribution is 0.0584. The minimum absolute atomic E-state index is 0.0166. The smallest absolute Gasteiger partial charge is 0.256 e. The Hall–Kier alpha value is -3.00. The highest BCUT2D eigenvalue weighted by Gasteiger charge is 2.27. The molecule has 1 aromatic heterocycles. The van der Waals surface area contributed by atoms with E-state index in [1.165, 1.54) is 30.0 Å². The van der Waals surface area contributed by atoms with Crippen LogP contribution in [0.2, 0.25) is 0 Å². The van der Waals surface area contributed by atoms with Gasteiger partial charge in [-0.05, 0) is 42.0 Å². The van der Waals surface area contributed by atoms with Gasteiger partial charge in [-0.1, -0.05) is 12.1 Å². The molecule has 0 atom stereocenters. The second kappa shape index (κ2) is 10.1. The number of hydrogen-bond donors (Lipinski definition) is 0. The van der Waals surface area contributed by atoms with Gasteiger partial charge in [0.1, 0.15) is 22.8 Å². The van der Waals surface area contributed by atoms with E-state index in [9.17, 15) is 18.0 Å². The van der Waals surface area contributed by atoms with Crippen molar-refractivity contribution < 1.29 is 22.7 Å². The van der Waals surface area contributed by atoms with Gasteiger partial charge in [0, 0.05) is 43.9 Å². The van der Waals surface area contributed by atoms with Crippen molar-refractivity contribution in [1.82, 2.24) is 9.88 Å². The molecule has 2 aromatic carbocycles. The number of aromatic nitrogens is 1. The zero-order valence-corrected chi connectivity index (χ0v) is 18.0. The Morgan fingerprint density at radius 1 is 1.03 bits per heavy atom. The monoisotopic (exact) mass is 458 g/mol. The van der Waals surface area contributed by atoms with E-state index in [1.54, 1.807) is 35.4 Å². The number of amides is 1. The molecular weight excluding hydrogens is 437 g/mol. The first-order valence-electron chi connectivity index (χ1n) is 10.2. The van der Waals surface area contributed by atoms with Gasteiger partial charge in [0.25, 0.3) is 5.91 Å². The van der Waals surface area contributed by atoms with Crippen LogP contribution in [0.1, 0.15) is 28.8 Å². The highest BCUT2D eigenvalue weighted by atomic mass is 32.2. The fraction of sp³-hybridized carbons (Fsp3) is 0.250. The van der Waals surface area contributed by atoms with Crippen LogP contribution in [0.5, 0.6) is 5.75 Å². The molecule has 166 valence electrons. The predicted molar refractivity (Wildman–Crippen MR) is 116 cm³/mol. The number of benzene rings is 2. The van der Waals surface area contributed by atoms with Gasteiger partial charge in [-0.3, -0.25) is 4.79 Å². The number of thioether (sulfide) groups is 1. The van der Waals surface area contributed by atoms with Crippen molar-refractivity contribution in [2.45, 2.75) is 29.7 Å². The zero-order chi connectivity index (χ0) is 22.5. The van der Waals surface area contributed by atoms with Gasteiger partial charge in [-0.2, -0.15) is 0 Å². The van der Waals surface area contributed by atoms with Crippen LogP contribution in [0.3, 0.4) is 0 Å². The standard InChI is InChI=1S/C24H21F3N2O2S/c25-17-5-3-16(4-6-17)15-32-23-20(2-1-11-28-23)24(30)29-12-9-19(10-13-29)31-22-8-7-18(26)14-21(22)27/h1-8,11,14,19H,9-10,12-13,15H2. The van der Waals surface area contributed by atoms with E-state index in [0.29, 0.717) is 42.3 Å². The summed E-state index contributed by atoms with van der Waals surface area (Å²) >= 11 is 1.43. The third kappa shape index (κ3) is 5.43. The van der Waals surface area contributed by atoms with Crippen LogP contribution in [0, 0.1) is 17.5 Å². The molecule has 1 saturated heterocycles. The van der Waals surface area contributed by atoms with Crippen LogP contribution >= 0.6 is 11.8 Å². The van der Waals surface area contributed by atoms with Crippen LogP contribution in [-0.2, 0) is 5.75 Å². The summed E-state index contributed by atoms with van der Waals surface area (Å²) in [7, 11) is 0. The van der Waals surface area contributed by atoms with Crippen molar-refractivity contribution in [3.8, 4) is 5.75 Å². The van der Waals surface area contributed by atoms with Crippen molar-refractivity contribution >= 4 is 17.7 Å². The minimum Gasteiger partial charge on any atom is -0.487 e. The fourth-order valence-corrected chi connectivity index (χ4v) is 4.44. The maximum atomic E-state index is 13.8. The number of ether oxygens (including phenoxy) is 1. The second-order valence-corrected chi connectivity index (χ2v) is 8.42. The third-order valence-electron chi connectivity index (χ3n) is 5.21. The zero-order valence-electron chi connectivity index (χ0n) is 17.1. The van der Waals surface area contributed by atoms with E-state index in [-0.39, 0.29) is 23.6 Å². The molecular formula is C24H21F3N2O2S. The third-order valence-corrected chi connectivity index (χ3v) is 6.28. The summed E-state index contributed by atoms with van der Waals surface area (Å²) in [5.41, 5.74) is 1.45. The summed E-state index contributed by atoms with van der Waals surface area (Å²) in [5.74, 6) is -1.21. The largest absolute Gasteiger partial charge is 0.487 e. The van der Waals surface area contributed by atoms with Crippen LogP contribution in [-0.4, -0.2) is 35.0 Å². The Labute approximate surface area is 188 Å². The van der Waals surface area contributed by atoms with E-state index < -0.39 is 11.6 Å². The molecule has 4 nitrogen and oxygen atoms in total. The maximum Gasteiger partial charge on any atom is 0.256 e. The molecule has 2 heterocycles. The lowest BCUT2D eigenvalue weighted by Gasteiger charge is -2.32. The number of halogens is 3. The van der Waals surface area contributed by atoms with Gasteiger partial charge in [0.05, 0.1) is 5.56 Å².